The molecule has 0 fully saturated rings. The number of rotatable bonds is 2. The molecule has 0 atom stereocenters. The molecule has 1 aromatic carbocycles. The Balaban J connectivity index is 2.59. The largest absolute Gasteiger partial charge is 0.463 e. The van der Waals surface area contributed by atoms with Gasteiger partial charge in [-0.25, -0.2) is 4.39 Å². The van der Waals surface area contributed by atoms with E-state index in [-0.39, 0.29) is 0 Å². The number of benzene rings is 1. The zero-order valence-electron chi connectivity index (χ0n) is 5.33. The van der Waals surface area contributed by atoms with Gasteiger partial charge in [-0.05, 0) is 12.1 Å². The van der Waals surface area contributed by atoms with E-state index in [1.54, 1.807) is 12.1 Å². The first-order valence-corrected chi connectivity index (χ1v) is 2.90. The Kier molecular flexibility index (Phi) is 2.49. The lowest BCUT2D eigenvalue weighted by Gasteiger charge is -1.95. The van der Waals surface area contributed by atoms with Gasteiger partial charge in [-0.3, -0.25) is 0 Å². The van der Waals surface area contributed by atoms with Crippen molar-refractivity contribution in [2.24, 2.45) is 0 Å². The van der Waals surface area contributed by atoms with E-state index in [2.05, 4.69) is 0 Å². The number of hydrogen-bond donors (Lipinski definition) is 0. The Morgan fingerprint density at radius 2 is 1.90 bits per heavy atom. The normalized spacial score (nSPS) is 10.1. The lowest BCUT2D eigenvalue weighted by molar-refractivity contribution is 0.466. The summed E-state index contributed by atoms with van der Waals surface area (Å²) < 4.78 is 16.2. The van der Waals surface area contributed by atoms with Crippen LogP contribution in [-0.4, -0.2) is 0 Å². The molecule has 52 valence electrons. The molecule has 0 aliphatic carbocycles. The van der Waals surface area contributed by atoms with E-state index in [4.69, 9.17) is 4.74 Å². The third-order valence-corrected chi connectivity index (χ3v) is 0.999. The first kappa shape index (κ1) is 6.81. The van der Waals surface area contributed by atoms with Gasteiger partial charge in [0.15, 0.2) is 0 Å². The van der Waals surface area contributed by atoms with Crippen LogP contribution >= 0.6 is 0 Å². The minimum atomic E-state index is 0.354. The predicted octanol–water partition coefficient (Wildman–Crippen LogP) is 2.51. The SMILES string of the molecule is FC=COc1ccccc1. The maximum atomic E-state index is 11.4. The van der Waals surface area contributed by atoms with Gasteiger partial charge in [-0.2, -0.15) is 0 Å². The fraction of sp³-hybridized carbons (Fsp3) is 0. The molecular formula is C8H7FO. The number of halogens is 1. The van der Waals surface area contributed by atoms with E-state index in [1.807, 2.05) is 18.2 Å². The third-order valence-electron chi connectivity index (χ3n) is 0.999. The molecule has 1 aromatic rings. The van der Waals surface area contributed by atoms with Crippen molar-refractivity contribution in [2.75, 3.05) is 0 Å². The van der Waals surface area contributed by atoms with Crippen LogP contribution in [-0.2, 0) is 0 Å². The molecule has 1 rings (SSSR count). The monoisotopic (exact) mass is 138 g/mol. The molecule has 0 saturated carbocycles. The number of ether oxygens (including phenoxy) is 1. The highest BCUT2D eigenvalue weighted by atomic mass is 19.1. The molecule has 0 spiro atoms. The Morgan fingerprint density at radius 3 is 2.50 bits per heavy atom. The summed E-state index contributed by atoms with van der Waals surface area (Å²) in [5.41, 5.74) is 0. The first-order valence-electron chi connectivity index (χ1n) is 2.90. The molecule has 0 aromatic heterocycles. The molecule has 0 bridgehead atoms. The lowest BCUT2D eigenvalue weighted by Crippen LogP contribution is -1.78. The number of para-hydroxylation sites is 1. The summed E-state index contributed by atoms with van der Waals surface area (Å²) in [5, 5.41) is 0. The van der Waals surface area contributed by atoms with Gasteiger partial charge in [-0.15, -0.1) is 0 Å². The van der Waals surface area contributed by atoms with Crippen molar-refractivity contribution < 1.29 is 9.13 Å². The van der Waals surface area contributed by atoms with Gasteiger partial charge in [0, 0.05) is 0 Å². The highest BCUT2D eigenvalue weighted by Crippen LogP contribution is 2.07. The summed E-state index contributed by atoms with van der Waals surface area (Å²) in [7, 11) is 0. The van der Waals surface area contributed by atoms with Crippen LogP contribution in [0.4, 0.5) is 4.39 Å². The van der Waals surface area contributed by atoms with Gasteiger partial charge in [0.25, 0.3) is 0 Å². The molecule has 0 saturated heterocycles. The van der Waals surface area contributed by atoms with Crippen molar-refractivity contribution in [2.45, 2.75) is 0 Å². The molecule has 2 heteroatoms. The van der Waals surface area contributed by atoms with Gasteiger partial charge in [-0.1, -0.05) is 18.2 Å². The average molecular weight is 138 g/mol. The topological polar surface area (TPSA) is 9.23 Å². The van der Waals surface area contributed by atoms with Crippen molar-refractivity contribution in [1.82, 2.24) is 0 Å². The van der Waals surface area contributed by atoms with Crippen LogP contribution in [0.5, 0.6) is 5.75 Å². The van der Waals surface area contributed by atoms with Crippen LogP contribution in [0.15, 0.2) is 42.9 Å². The molecule has 0 radical (unpaired) electrons. The van der Waals surface area contributed by atoms with Crippen LogP contribution in [0.2, 0.25) is 0 Å². The van der Waals surface area contributed by atoms with Crippen molar-refractivity contribution >= 4 is 0 Å². The summed E-state index contributed by atoms with van der Waals surface area (Å²) in [4.78, 5) is 0. The van der Waals surface area contributed by atoms with Crippen LogP contribution in [0, 0.1) is 0 Å². The fourth-order valence-corrected chi connectivity index (χ4v) is 0.603. The van der Waals surface area contributed by atoms with Crippen LogP contribution in [0.3, 0.4) is 0 Å². The second-order valence-electron chi connectivity index (χ2n) is 1.69. The lowest BCUT2D eigenvalue weighted by atomic mass is 10.3. The third kappa shape index (κ3) is 1.90. The number of hydrogen-bond acceptors (Lipinski definition) is 1. The molecule has 10 heavy (non-hydrogen) atoms. The van der Waals surface area contributed by atoms with Crippen molar-refractivity contribution in [3.05, 3.63) is 42.9 Å². The minimum Gasteiger partial charge on any atom is -0.463 e. The molecule has 0 heterocycles. The predicted molar refractivity (Wildman–Crippen MR) is 37.3 cm³/mol. The van der Waals surface area contributed by atoms with Gasteiger partial charge >= 0.3 is 0 Å². The average Bonchev–Trinajstić information content (AvgIpc) is 2.03. The van der Waals surface area contributed by atoms with Crippen molar-refractivity contribution in [3.63, 3.8) is 0 Å². The van der Waals surface area contributed by atoms with Crippen molar-refractivity contribution in [3.8, 4) is 5.75 Å². The Labute approximate surface area is 58.8 Å². The van der Waals surface area contributed by atoms with E-state index < -0.39 is 0 Å². The van der Waals surface area contributed by atoms with Gasteiger partial charge in [0.2, 0.25) is 0 Å². The Morgan fingerprint density at radius 1 is 1.20 bits per heavy atom. The van der Waals surface area contributed by atoms with E-state index >= 15 is 0 Å². The molecule has 0 amide bonds. The Hall–Kier alpha value is -1.31. The molecule has 0 aliphatic rings. The molecule has 0 aliphatic heterocycles. The maximum absolute atomic E-state index is 11.4. The molecular weight excluding hydrogens is 131 g/mol. The van der Waals surface area contributed by atoms with E-state index in [9.17, 15) is 4.39 Å². The minimum absolute atomic E-state index is 0.354. The zero-order valence-corrected chi connectivity index (χ0v) is 5.33. The van der Waals surface area contributed by atoms with Crippen molar-refractivity contribution in [1.29, 1.82) is 0 Å². The van der Waals surface area contributed by atoms with Gasteiger partial charge < -0.3 is 4.74 Å². The molecule has 1 nitrogen and oxygen atoms in total. The van der Waals surface area contributed by atoms with Crippen LogP contribution < -0.4 is 4.74 Å². The smallest absolute Gasteiger partial charge is 0.126 e. The maximum Gasteiger partial charge on any atom is 0.126 e. The summed E-state index contributed by atoms with van der Waals surface area (Å²) >= 11 is 0. The first-order chi connectivity index (χ1) is 4.93. The summed E-state index contributed by atoms with van der Waals surface area (Å²) in [6, 6.07) is 9.01. The second-order valence-corrected chi connectivity index (χ2v) is 1.69. The van der Waals surface area contributed by atoms with Crippen LogP contribution in [0.25, 0.3) is 0 Å². The molecule has 0 unspecified atom stereocenters. The zero-order chi connectivity index (χ0) is 7.23. The fourth-order valence-electron chi connectivity index (χ4n) is 0.603. The summed E-state index contributed by atoms with van der Waals surface area (Å²) in [6.07, 6.45) is 1.35. The summed E-state index contributed by atoms with van der Waals surface area (Å²) in [6.45, 7) is 0. The highest BCUT2D eigenvalue weighted by molar-refractivity contribution is 5.21. The van der Waals surface area contributed by atoms with Gasteiger partial charge in [0.05, 0.1) is 0 Å². The standard InChI is InChI=1S/C8H7FO/c9-6-7-10-8-4-2-1-3-5-8/h1-7H. The quantitative estimate of drug-likeness (QED) is 0.570. The van der Waals surface area contributed by atoms with E-state index in [0.29, 0.717) is 12.1 Å². The van der Waals surface area contributed by atoms with Gasteiger partial charge in [0.1, 0.15) is 18.3 Å². The summed E-state index contributed by atoms with van der Waals surface area (Å²) in [5.74, 6) is 0.636. The van der Waals surface area contributed by atoms with E-state index in [0.717, 1.165) is 6.26 Å². The van der Waals surface area contributed by atoms with Crippen LogP contribution in [0.1, 0.15) is 0 Å². The van der Waals surface area contributed by atoms with E-state index in [1.165, 1.54) is 0 Å². The second kappa shape index (κ2) is 3.67. The molecule has 0 N–H and O–H groups in total. The Bertz CT molecular complexity index is 206. The highest BCUT2D eigenvalue weighted by Gasteiger charge is 1.83.